The number of carbonyl (C=O) groups excluding carboxylic acids is 1. The van der Waals surface area contributed by atoms with Crippen LogP contribution in [0.25, 0.3) is 0 Å². The largest absolute Gasteiger partial charge is 0.364 e. The van der Waals surface area contributed by atoms with Gasteiger partial charge in [-0.3, -0.25) is 9.48 Å². The van der Waals surface area contributed by atoms with Crippen LogP contribution in [0.4, 0.5) is 0 Å². The van der Waals surface area contributed by atoms with Crippen LogP contribution in [0.15, 0.2) is 30.3 Å². The van der Waals surface area contributed by atoms with Gasteiger partial charge in [-0.25, -0.2) is 0 Å². The summed E-state index contributed by atoms with van der Waals surface area (Å²) in [5.74, 6) is -0.449. The van der Waals surface area contributed by atoms with Gasteiger partial charge >= 0.3 is 0 Å². The van der Waals surface area contributed by atoms with Crippen molar-refractivity contribution in [3.05, 3.63) is 52.8 Å². The minimum atomic E-state index is -0.449. The summed E-state index contributed by atoms with van der Waals surface area (Å²) in [7, 11) is 1.72. The van der Waals surface area contributed by atoms with Crippen molar-refractivity contribution in [3.63, 3.8) is 0 Å². The van der Waals surface area contributed by atoms with Gasteiger partial charge in [0.25, 0.3) is 5.91 Å². The van der Waals surface area contributed by atoms with E-state index in [9.17, 15) is 4.79 Å². The van der Waals surface area contributed by atoms with Crippen LogP contribution in [0.2, 0.25) is 0 Å². The van der Waals surface area contributed by atoms with Crippen molar-refractivity contribution in [1.82, 2.24) is 9.78 Å². The molecule has 2 aromatic rings. The van der Waals surface area contributed by atoms with Crippen molar-refractivity contribution in [1.29, 1.82) is 0 Å². The van der Waals surface area contributed by atoms with E-state index in [4.69, 9.17) is 5.73 Å². The molecule has 0 aliphatic heterocycles. The standard InChI is InChI=1S/C13H15N3O/c1-9-3-5-10(6-4-9)7-11-8-12(13(14)17)16(2)15-11/h3-6,8H,7H2,1-2H3,(H2,14,17). The second-order valence-corrected chi connectivity index (χ2v) is 4.17. The molecule has 0 unspecified atom stereocenters. The fourth-order valence-electron chi connectivity index (χ4n) is 1.76. The number of nitrogens with two attached hydrogens (primary N) is 1. The summed E-state index contributed by atoms with van der Waals surface area (Å²) in [6, 6.07) is 9.99. The number of hydrogen-bond acceptors (Lipinski definition) is 2. The van der Waals surface area contributed by atoms with E-state index in [1.165, 1.54) is 15.8 Å². The molecule has 1 aromatic heterocycles. The van der Waals surface area contributed by atoms with Crippen molar-refractivity contribution < 1.29 is 4.79 Å². The molecule has 4 nitrogen and oxygen atoms in total. The zero-order valence-corrected chi connectivity index (χ0v) is 9.97. The Morgan fingerprint density at radius 2 is 2.00 bits per heavy atom. The first kappa shape index (κ1) is 11.4. The number of carbonyl (C=O) groups is 1. The summed E-state index contributed by atoms with van der Waals surface area (Å²) in [4.78, 5) is 11.1. The van der Waals surface area contributed by atoms with Crippen molar-refractivity contribution in [3.8, 4) is 0 Å². The van der Waals surface area contributed by atoms with Crippen LogP contribution in [0.1, 0.15) is 27.3 Å². The predicted molar refractivity (Wildman–Crippen MR) is 65.7 cm³/mol. The van der Waals surface area contributed by atoms with Gasteiger partial charge in [0.05, 0.1) is 5.69 Å². The molecule has 0 bridgehead atoms. The number of nitrogens with zero attached hydrogens (tertiary/aromatic N) is 2. The fourth-order valence-corrected chi connectivity index (χ4v) is 1.76. The van der Waals surface area contributed by atoms with Gasteiger partial charge in [0.1, 0.15) is 5.69 Å². The molecule has 0 atom stereocenters. The lowest BCUT2D eigenvalue weighted by atomic mass is 10.1. The first-order valence-electron chi connectivity index (χ1n) is 5.44. The fraction of sp³-hybridized carbons (Fsp3) is 0.231. The minimum absolute atomic E-state index is 0.437. The quantitative estimate of drug-likeness (QED) is 0.865. The number of aryl methyl sites for hydroxylation is 2. The molecule has 0 saturated heterocycles. The highest BCUT2D eigenvalue weighted by molar-refractivity contribution is 5.91. The van der Waals surface area contributed by atoms with Crippen LogP contribution in [-0.4, -0.2) is 15.7 Å². The highest BCUT2D eigenvalue weighted by Crippen LogP contribution is 2.10. The average Bonchev–Trinajstić information content (AvgIpc) is 2.63. The van der Waals surface area contributed by atoms with E-state index in [2.05, 4.69) is 36.3 Å². The number of amides is 1. The van der Waals surface area contributed by atoms with Crippen molar-refractivity contribution in [2.45, 2.75) is 13.3 Å². The molecule has 4 heteroatoms. The van der Waals surface area contributed by atoms with Crippen LogP contribution in [-0.2, 0) is 13.5 Å². The van der Waals surface area contributed by atoms with Gasteiger partial charge in [-0.15, -0.1) is 0 Å². The molecular weight excluding hydrogens is 214 g/mol. The number of benzene rings is 1. The van der Waals surface area contributed by atoms with E-state index >= 15 is 0 Å². The second kappa shape index (κ2) is 4.41. The number of primary amides is 1. The van der Waals surface area contributed by atoms with Crippen LogP contribution in [0, 0.1) is 6.92 Å². The summed E-state index contributed by atoms with van der Waals surface area (Å²) in [6.07, 6.45) is 0.710. The topological polar surface area (TPSA) is 60.9 Å². The second-order valence-electron chi connectivity index (χ2n) is 4.17. The van der Waals surface area contributed by atoms with Gasteiger partial charge in [0.15, 0.2) is 0 Å². The number of hydrogen-bond donors (Lipinski definition) is 1. The maximum Gasteiger partial charge on any atom is 0.266 e. The third kappa shape index (κ3) is 2.53. The Morgan fingerprint density at radius 3 is 2.53 bits per heavy atom. The summed E-state index contributed by atoms with van der Waals surface area (Å²) in [5.41, 5.74) is 8.93. The minimum Gasteiger partial charge on any atom is -0.364 e. The van der Waals surface area contributed by atoms with Gasteiger partial charge in [-0.2, -0.15) is 5.10 Å². The molecule has 0 spiro atoms. The highest BCUT2D eigenvalue weighted by Gasteiger charge is 2.09. The Kier molecular flexibility index (Phi) is 2.95. The molecule has 0 saturated carbocycles. The van der Waals surface area contributed by atoms with Gasteiger partial charge < -0.3 is 5.73 Å². The van der Waals surface area contributed by atoms with E-state index in [1.54, 1.807) is 13.1 Å². The van der Waals surface area contributed by atoms with Crippen LogP contribution in [0.3, 0.4) is 0 Å². The lowest BCUT2D eigenvalue weighted by molar-refractivity contribution is 0.0991. The zero-order chi connectivity index (χ0) is 12.4. The monoisotopic (exact) mass is 229 g/mol. The SMILES string of the molecule is Cc1ccc(Cc2cc(C(N)=O)n(C)n2)cc1. The Labute approximate surface area is 100 Å². The molecular formula is C13H15N3O. The summed E-state index contributed by atoms with van der Waals surface area (Å²) >= 11 is 0. The Morgan fingerprint density at radius 1 is 1.35 bits per heavy atom. The molecule has 1 heterocycles. The van der Waals surface area contributed by atoms with Crippen molar-refractivity contribution >= 4 is 5.91 Å². The molecule has 0 radical (unpaired) electrons. The molecule has 1 aromatic carbocycles. The third-order valence-electron chi connectivity index (χ3n) is 2.69. The summed E-state index contributed by atoms with van der Waals surface area (Å²) in [6.45, 7) is 2.05. The highest BCUT2D eigenvalue weighted by atomic mass is 16.1. The van der Waals surface area contributed by atoms with Crippen molar-refractivity contribution in [2.24, 2.45) is 12.8 Å². The van der Waals surface area contributed by atoms with Crippen LogP contribution >= 0.6 is 0 Å². The Hall–Kier alpha value is -2.10. The predicted octanol–water partition coefficient (Wildman–Crippen LogP) is 1.42. The van der Waals surface area contributed by atoms with Crippen molar-refractivity contribution in [2.75, 3.05) is 0 Å². The average molecular weight is 229 g/mol. The van der Waals surface area contributed by atoms with E-state index in [-0.39, 0.29) is 0 Å². The molecule has 2 N–H and O–H groups in total. The molecule has 17 heavy (non-hydrogen) atoms. The molecule has 0 aliphatic carbocycles. The van der Waals surface area contributed by atoms with Gasteiger partial charge in [-0.05, 0) is 18.6 Å². The first-order valence-corrected chi connectivity index (χ1v) is 5.44. The van der Waals surface area contributed by atoms with Gasteiger partial charge in [0, 0.05) is 13.5 Å². The molecule has 0 aliphatic rings. The van der Waals surface area contributed by atoms with Gasteiger partial charge in [-0.1, -0.05) is 29.8 Å². The lowest BCUT2D eigenvalue weighted by Crippen LogP contribution is -2.15. The lowest BCUT2D eigenvalue weighted by Gasteiger charge is -1.98. The first-order chi connectivity index (χ1) is 8.06. The summed E-state index contributed by atoms with van der Waals surface area (Å²) < 4.78 is 1.52. The maximum atomic E-state index is 11.1. The number of rotatable bonds is 3. The van der Waals surface area contributed by atoms with Gasteiger partial charge in [0.2, 0.25) is 0 Å². The van der Waals surface area contributed by atoms with E-state index in [0.717, 1.165) is 5.69 Å². The normalized spacial score (nSPS) is 10.5. The molecule has 2 rings (SSSR count). The summed E-state index contributed by atoms with van der Waals surface area (Å²) in [5, 5.41) is 4.27. The number of aromatic nitrogens is 2. The zero-order valence-electron chi connectivity index (χ0n) is 9.97. The molecule has 88 valence electrons. The third-order valence-corrected chi connectivity index (χ3v) is 2.69. The van der Waals surface area contributed by atoms with E-state index < -0.39 is 5.91 Å². The maximum absolute atomic E-state index is 11.1. The molecule has 0 fully saturated rings. The smallest absolute Gasteiger partial charge is 0.266 e. The Balaban J connectivity index is 2.22. The van der Waals surface area contributed by atoms with E-state index in [0.29, 0.717) is 12.1 Å². The molecule has 1 amide bonds. The Bertz CT molecular complexity index is 540. The van der Waals surface area contributed by atoms with Crippen LogP contribution in [0.5, 0.6) is 0 Å². The van der Waals surface area contributed by atoms with Crippen LogP contribution < -0.4 is 5.73 Å². The van der Waals surface area contributed by atoms with E-state index in [1.807, 2.05) is 0 Å².